The van der Waals surface area contributed by atoms with Gasteiger partial charge in [0.2, 0.25) is 5.91 Å². The average Bonchev–Trinajstić information content (AvgIpc) is 2.62. The summed E-state index contributed by atoms with van der Waals surface area (Å²) in [5.74, 6) is 0.397. The van der Waals surface area contributed by atoms with Crippen LogP contribution in [0.15, 0.2) is 24.3 Å². The first-order valence-electron chi connectivity index (χ1n) is 8.67. The molecule has 0 N–H and O–H groups in total. The first kappa shape index (κ1) is 17.2. The molecule has 5 nitrogen and oxygen atoms in total. The minimum Gasteiger partial charge on any atom is -0.491 e. The van der Waals surface area contributed by atoms with Crippen molar-refractivity contribution < 1.29 is 18.7 Å². The van der Waals surface area contributed by atoms with Gasteiger partial charge in [-0.05, 0) is 43.7 Å². The Bertz CT molecular complexity index is 544. The maximum Gasteiger partial charge on any atom is 0.248 e. The Kier molecular flexibility index (Phi) is 5.68. The van der Waals surface area contributed by atoms with Crippen LogP contribution in [0, 0.1) is 5.82 Å². The van der Waals surface area contributed by atoms with E-state index in [1.807, 2.05) is 4.90 Å². The van der Waals surface area contributed by atoms with Crippen LogP contribution >= 0.6 is 0 Å². The lowest BCUT2D eigenvalue weighted by molar-refractivity contribution is -0.155. The molecule has 0 radical (unpaired) electrons. The van der Waals surface area contributed by atoms with Crippen molar-refractivity contribution in [3.63, 3.8) is 0 Å². The van der Waals surface area contributed by atoms with Gasteiger partial charge in [0.1, 0.15) is 30.9 Å². The highest BCUT2D eigenvalue weighted by molar-refractivity contribution is 5.78. The fourth-order valence-electron chi connectivity index (χ4n) is 3.37. The van der Waals surface area contributed by atoms with Crippen LogP contribution in [0.2, 0.25) is 0 Å². The number of benzene rings is 1. The minimum atomic E-state index is -0.286. The molecule has 6 heteroatoms. The van der Waals surface area contributed by atoms with E-state index in [2.05, 4.69) is 11.8 Å². The Morgan fingerprint density at radius 1 is 1.25 bits per heavy atom. The van der Waals surface area contributed by atoms with E-state index in [9.17, 15) is 9.18 Å². The number of likely N-dealkylation sites (tertiary alicyclic amines) is 1. The van der Waals surface area contributed by atoms with Crippen LogP contribution in [0.5, 0.6) is 5.75 Å². The highest BCUT2D eigenvalue weighted by atomic mass is 19.1. The van der Waals surface area contributed by atoms with Crippen LogP contribution < -0.4 is 4.74 Å². The number of morpholine rings is 1. The van der Waals surface area contributed by atoms with Crippen molar-refractivity contribution in [2.45, 2.75) is 31.9 Å². The van der Waals surface area contributed by atoms with E-state index in [-0.39, 0.29) is 24.4 Å². The predicted octanol–water partition coefficient (Wildman–Crippen LogP) is 1.92. The normalized spacial score (nSPS) is 23.5. The summed E-state index contributed by atoms with van der Waals surface area (Å²) in [6, 6.07) is 6.24. The van der Waals surface area contributed by atoms with E-state index in [0.717, 1.165) is 32.5 Å². The summed E-state index contributed by atoms with van der Waals surface area (Å²) in [5, 5.41) is 0. The average molecular weight is 336 g/mol. The molecule has 0 saturated carbocycles. The number of carbonyl (C=O) groups is 1. The molecule has 2 fully saturated rings. The lowest BCUT2D eigenvalue weighted by atomic mass is 10.0. The fourth-order valence-corrected chi connectivity index (χ4v) is 3.37. The van der Waals surface area contributed by atoms with Crippen molar-refractivity contribution in [1.82, 2.24) is 9.80 Å². The number of rotatable bonds is 5. The number of halogens is 1. The molecule has 0 aliphatic carbocycles. The SMILES string of the molecule is CCN1CCC(N2CC(COc3ccc(F)cc3)OCC2=O)CC1. The van der Waals surface area contributed by atoms with Crippen LogP contribution in [0.4, 0.5) is 4.39 Å². The maximum atomic E-state index is 12.9. The highest BCUT2D eigenvalue weighted by Crippen LogP contribution is 2.20. The predicted molar refractivity (Wildman–Crippen MR) is 88.5 cm³/mol. The minimum absolute atomic E-state index is 0.0722. The molecule has 0 aromatic heterocycles. The summed E-state index contributed by atoms with van der Waals surface area (Å²) in [6.45, 7) is 6.37. The Morgan fingerprint density at radius 2 is 1.96 bits per heavy atom. The standard InChI is InChI=1S/C18H25FN2O3/c1-2-20-9-7-15(8-10-20)21-11-17(24-13-18(21)22)12-23-16-5-3-14(19)4-6-16/h3-6,15,17H,2,7-13H2,1H3. The molecule has 1 aromatic carbocycles. The quantitative estimate of drug-likeness (QED) is 0.824. The molecule has 1 aromatic rings. The van der Waals surface area contributed by atoms with Crippen LogP contribution in [0.3, 0.4) is 0 Å². The lowest BCUT2D eigenvalue weighted by Crippen LogP contribution is -2.55. The number of nitrogens with zero attached hydrogens (tertiary/aromatic N) is 2. The van der Waals surface area contributed by atoms with E-state index in [4.69, 9.17) is 9.47 Å². The monoisotopic (exact) mass is 336 g/mol. The van der Waals surface area contributed by atoms with Crippen LogP contribution in [-0.4, -0.2) is 67.2 Å². The Balaban J connectivity index is 1.51. The summed E-state index contributed by atoms with van der Waals surface area (Å²) in [7, 11) is 0. The third kappa shape index (κ3) is 4.24. The van der Waals surface area contributed by atoms with Gasteiger partial charge >= 0.3 is 0 Å². The molecule has 1 unspecified atom stereocenters. The Hall–Kier alpha value is -1.66. The second-order valence-corrected chi connectivity index (χ2v) is 6.41. The van der Waals surface area contributed by atoms with Gasteiger partial charge in [0.05, 0.1) is 6.54 Å². The first-order valence-corrected chi connectivity index (χ1v) is 8.67. The van der Waals surface area contributed by atoms with Crippen molar-refractivity contribution in [1.29, 1.82) is 0 Å². The maximum absolute atomic E-state index is 12.9. The van der Waals surface area contributed by atoms with Gasteiger partial charge in [0, 0.05) is 19.1 Å². The molecule has 0 bridgehead atoms. The van der Waals surface area contributed by atoms with E-state index < -0.39 is 0 Å². The number of carbonyl (C=O) groups excluding carboxylic acids is 1. The molecule has 2 heterocycles. The highest BCUT2D eigenvalue weighted by Gasteiger charge is 2.33. The van der Waals surface area contributed by atoms with E-state index in [1.54, 1.807) is 12.1 Å². The van der Waals surface area contributed by atoms with Gasteiger partial charge in [0.15, 0.2) is 0 Å². The van der Waals surface area contributed by atoms with E-state index in [1.165, 1.54) is 12.1 Å². The topological polar surface area (TPSA) is 42.0 Å². The number of piperidine rings is 1. The molecule has 3 rings (SSSR count). The van der Waals surface area contributed by atoms with Crippen molar-refractivity contribution in [2.75, 3.05) is 39.4 Å². The second-order valence-electron chi connectivity index (χ2n) is 6.41. The molecule has 2 saturated heterocycles. The molecule has 1 atom stereocenters. The van der Waals surface area contributed by atoms with Gasteiger partial charge in [-0.1, -0.05) is 6.92 Å². The second kappa shape index (κ2) is 7.94. The summed E-state index contributed by atoms with van der Waals surface area (Å²) in [6.07, 6.45) is 1.90. The van der Waals surface area contributed by atoms with E-state index in [0.29, 0.717) is 24.9 Å². The van der Waals surface area contributed by atoms with Gasteiger partial charge in [0.25, 0.3) is 0 Å². The largest absolute Gasteiger partial charge is 0.491 e. The summed E-state index contributed by atoms with van der Waals surface area (Å²) < 4.78 is 24.2. The van der Waals surface area contributed by atoms with Crippen molar-refractivity contribution in [3.8, 4) is 5.75 Å². The molecule has 2 aliphatic rings. The first-order chi connectivity index (χ1) is 11.7. The zero-order chi connectivity index (χ0) is 16.9. The lowest BCUT2D eigenvalue weighted by Gasteiger charge is -2.41. The van der Waals surface area contributed by atoms with Gasteiger partial charge < -0.3 is 19.3 Å². The Labute approximate surface area is 142 Å². The summed E-state index contributed by atoms with van der Waals surface area (Å²) >= 11 is 0. The zero-order valence-electron chi connectivity index (χ0n) is 14.1. The third-order valence-electron chi connectivity index (χ3n) is 4.86. The summed E-state index contributed by atoms with van der Waals surface area (Å²) in [5.41, 5.74) is 0. The van der Waals surface area contributed by atoms with Gasteiger partial charge in [-0.3, -0.25) is 4.79 Å². The molecule has 1 amide bonds. The van der Waals surface area contributed by atoms with Gasteiger partial charge in [-0.2, -0.15) is 0 Å². The molecular weight excluding hydrogens is 311 g/mol. The number of ether oxygens (including phenoxy) is 2. The van der Waals surface area contributed by atoms with Crippen molar-refractivity contribution in [2.24, 2.45) is 0 Å². The van der Waals surface area contributed by atoms with Crippen molar-refractivity contribution >= 4 is 5.91 Å². The van der Waals surface area contributed by atoms with Gasteiger partial charge in [-0.15, -0.1) is 0 Å². The van der Waals surface area contributed by atoms with Gasteiger partial charge in [-0.25, -0.2) is 4.39 Å². The molecule has 24 heavy (non-hydrogen) atoms. The smallest absolute Gasteiger partial charge is 0.248 e. The fraction of sp³-hybridized carbons (Fsp3) is 0.611. The third-order valence-corrected chi connectivity index (χ3v) is 4.86. The van der Waals surface area contributed by atoms with E-state index >= 15 is 0 Å². The molecule has 2 aliphatic heterocycles. The molecular formula is C18H25FN2O3. The van der Waals surface area contributed by atoms with Crippen LogP contribution in [-0.2, 0) is 9.53 Å². The molecule has 132 valence electrons. The van der Waals surface area contributed by atoms with Crippen LogP contribution in [0.1, 0.15) is 19.8 Å². The summed E-state index contributed by atoms with van der Waals surface area (Å²) in [4.78, 5) is 16.6. The number of hydrogen-bond acceptors (Lipinski definition) is 4. The Morgan fingerprint density at radius 3 is 2.62 bits per heavy atom. The number of amides is 1. The van der Waals surface area contributed by atoms with Crippen LogP contribution in [0.25, 0.3) is 0 Å². The number of hydrogen-bond donors (Lipinski definition) is 0. The molecule has 0 spiro atoms. The zero-order valence-corrected chi connectivity index (χ0v) is 14.1. The van der Waals surface area contributed by atoms with Crippen molar-refractivity contribution in [3.05, 3.63) is 30.1 Å².